The zero-order valence-electron chi connectivity index (χ0n) is 21.3. The molecule has 10 heteroatoms. The van der Waals surface area contributed by atoms with Crippen LogP contribution in [0, 0.1) is 17.8 Å². The predicted molar refractivity (Wildman–Crippen MR) is 150 cm³/mol. The molecule has 1 aromatic rings. The summed E-state index contributed by atoms with van der Waals surface area (Å²) in [5, 5.41) is 10.0. The van der Waals surface area contributed by atoms with Crippen molar-refractivity contribution in [2.75, 3.05) is 52.4 Å². The molecule has 0 bridgehead atoms. The van der Waals surface area contributed by atoms with Crippen LogP contribution in [0.1, 0.15) is 44.6 Å². The molecule has 3 aliphatic heterocycles. The highest BCUT2D eigenvalue weighted by Crippen LogP contribution is 2.25. The molecule has 0 aromatic heterocycles. The lowest BCUT2D eigenvalue weighted by Gasteiger charge is -2.43. The summed E-state index contributed by atoms with van der Waals surface area (Å²) in [5.74, 6) is 0.116. The fraction of sp³-hybridized carbons (Fsp3) is 0.692. The highest BCUT2D eigenvalue weighted by molar-refractivity contribution is 5.97. The van der Waals surface area contributed by atoms with Crippen molar-refractivity contribution in [2.45, 2.75) is 45.4 Å². The van der Waals surface area contributed by atoms with Crippen LogP contribution in [0.3, 0.4) is 0 Å². The molecule has 36 heavy (non-hydrogen) atoms. The number of benzene rings is 1. The molecule has 206 valence electrons. The number of Topliss-reactive ketones (excluding diaryl/α,β-unsaturated/α-hetero) is 1. The van der Waals surface area contributed by atoms with Crippen LogP contribution in [0.2, 0.25) is 0 Å². The molecule has 0 amide bonds. The predicted octanol–water partition coefficient (Wildman–Crippen LogP) is 3.79. The zero-order chi connectivity index (χ0) is 23.0. The van der Waals surface area contributed by atoms with Crippen molar-refractivity contribution in [1.29, 1.82) is 0 Å². The lowest BCUT2D eigenvalue weighted by molar-refractivity contribution is -0.212. The Balaban J connectivity index is 0.00000216. The maximum Gasteiger partial charge on any atom is 0.335 e. The largest absolute Gasteiger partial charge is 0.367 e. The van der Waals surface area contributed by atoms with Gasteiger partial charge in [-0.1, -0.05) is 30.3 Å². The van der Waals surface area contributed by atoms with Crippen LogP contribution in [0.5, 0.6) is 0 Å². The van der Waals surface area contributed by atoms with Crippen LogP contribution in [-0.4, -0.2) is 79.2 Å². The highest BCUT2D eigenvalue weighted by atomic mass is 35.5. The van der Waals surface area contributed by atoms with E-state index in [1.165, 1.54) is 31.7 Å². The summed E-state index contributed by atoms with van der Waals surface area (Å²) in [4.78, 5) is 30.6. The summed E-state index contributed by atoms with van der Waals surface area (Å²) in [5.41, 5.74) is 1.44. The molecule has 1 N–H and O–H groups in total. The Morgan fingerprint density at radius 2 is 1.44 bits per heavy atom. The van der Waals surface area contributed by atoms with Gasteiger partial charge in [-0.25, -0.2) is 14.8 Å². The summed E-state index contributed by atoms with van der Waals surface area (Å²) < 4.78 is 0. The highest BCUT2D eigenvalue weighted by Gasteiger charge is 2.32. The molecule has 3 heterocycles. The number of nitrogens with one attached hydrogen (secondary N) is 1. The lowest BCUT2D eigenvalue weighted by atomic mass is 9.86. The average Bonchev–Trinajstić information content (AvgIpc) is 2.84. The number of ketones is 1. The second-order valence-electron chi connectivity index (χ2n) is 9.97. The van der Waals surface area contributed by atoms with E-state index in [9.17, 15) is 9.59 Å². The second-order valence-corrected chi connectivity index (χ2v) is 9.97. The monoisotopic (exact) mass is 564 g/mol. The number of carbonyl (C=O) groups excluding carboxylic acids is 2. The van der Waals surface area contributed by atoms with Crippen molar-refractivity contribution >= 4 is 49.0 Å². The van der Waals surface area contributed by atoms with E-state index < -0.39 is 5.92 Å². The number of hydrogen-bond acceptors (Lipinski definition) is 7. The number of piperazine rings is 1. The van der Waals surface area contributed by atoms with Gasteiger partial charge < -0.3 is 10.2 Å². The van der Waals surface area contributed by atoms with Gasteiger partial charge in [-0.2, -0.15) is 0 Å². The Kier molecular flexibility index (Phi) is 15.5. The topological polar surface area (TPSA) is 65.1 Å². The smallest absolute Gasteiger partial charge is 0.335 e. The van der Waals surface area contributed by atoms with E-state index in [-0.39, 0.29) is 49.0 Å². The molecule has 0 saturated carbocycles. The minimum Gasteiger partial charge on any atom is -0.367 e. The first-order valence-corrected chi connectivity index (χ1v) is 12.8. The van der Waals surface area contributed by atoms with Crippen LogP contribution in [-0.2, 0) is 20.8 Å². The normalized spacial score (nSPS) is 21.4. The molecule has 1 unspecified atom stereocenters. The number of carbonyl (C=O) groups is 2. The van der Waals surface area contributed by atoms with E-state index in [1.54, 1.807) is 5.06 Å². The molecule has 0 aliphatic carbocycles. The number of rotatable bonds is 8. The molecule has 3 saturated heterocycles. The van der Waals surface area contributed by atoms with Gasteiger partial charge in [0.25, 0.3) is 0 Å². The van der Waals surface area contributed by atoms with Crippen molar-refractivity contribution in [3.05, 3.63) is 35.9 Å². The van der Waals surface area contributed by atoms with Crippen LogP contribution < -0.4 is 5.32 Å². The van der Waals surface area contributed by atoms with Gasteiger partial charge in [0.05, 0.1) is 0 Å². The van der Waals surface area contributed by atoms with Crippen molar-refractivity contribution in [3.63, 3.8) is 0 Å². The van der Waals surface area contributed by atoms with Crippen molar-refractivity contribution in [2.24, 2.45) is 17.8 Å². The first kappa shape index (κ1) is 33.1. The Morgan fingerprint density at radius 1 is 0.861 bits per heavy atom. The third kappa shape index (κ3) is 9.75. The van der Waals surface area contributed by atoms with E-state index in [4.69, 9.17) is 4.84 Å². The van der Waals surface area contributed by atoms with Gasteiger partial charge in [0, 0.05) is 39.3 Å². The third-order valence-electron chi connectivity index (χ3n) is 7.60. The summed E-state index contributed by atoms with van der Waals surface area (Å²) in [7, 11) is 0. The molecule has 1 atom stereocenters. The molecule has 3 aliphatic rings. The van der Waals surface area contributed by atoms with Gasteiger partial charge in [0.2, 0.25) is 0 Å². The van der Waals surface area contributed by atoms with Gasteiger partial charge in [0.1, 0.15) is 11.7 Å². The Hall–Kier alpha value is -0.930. The molecule has 1 aromatic carbocycles. The van der Waals surface area contributed by atoms with E-state index in [0.29, 0.717) is 25.4 Å². The fourth-order valence-electron chi connectivity index (χ4n) is 5.48. The minimum absolute atomic E-state index is 0. The molecular weight excluding hydrogens is 523 g/mol. The van der Waals surface area contributed by atoms with Crippen LogP contribution in [0.4, 0.5) is 0 Å². The van der Waals surface area contributed by atoms with Crippen LogP contribution in [0.15, 0.2) is 30.3 Å². The quantitative estimate of drug-likeness (QED) is 0.481. The summed E-state index contributed by atoms with van der Waals surface area (Å²) in [6.07, 6.45) is 6.29. The van der Waals surface area contributed by atoms with Crippen LogP contribution >= 0.6 is 37.2 Å². The molecule has 0 spiro atoms. The molecule has 7 nitrogen and oxygen atoms in total. The minimum atomic E-state index is -0.630. The summed E-state index contributed by atoms with van der Waals surface area (Å²) in [6.45, 7) is 8.74. The number of nitrogens with zero attached hydrogens (tertiary/aromatic N) is 3. The van der Waals surface area contributed by atoms with Gasteiger partial charge in [-0.15, -0.1) is 42.3 Å². The number of hydrazine groups is 1. The van der Waals surface area contributed by atoms with Crippen molar-refractivity contribution in [3.8, 4) is 0 Å². The summed E-state index contributed by atoms with van der Waals surface area (Å²) >= 11 is 0. The standard InChI is InChI=1S/C26H40N4O3.3ClH/c1-21(31)25(20-23-7-11-27-12-8-23)26(32)33-30-17-15-29(16-18-30)28-13-9-24(10-14-28)19-22-5-3-2-4-6-22;;;/h2-6,23-25,27H,7-20H2,1H3;3*1H. The first-order valence-electron chi connectivity index (χ1n) is 12.8. The fourth-order valence-corrected chi connectivity index (χ4v) is 5.48. The van der Waals surface area contributed by atoms with Crippen molar-refractivity contribution in [1.82, 2.24) is 20.4 Å². The van der Waals surface area contributed by atoms with Gasteiger partial charge in [-0.05, 0) is 75.9 Å². The Morgan fingerprint density at radius 3 is 2.03 bits per heavy atom. The Labute approximate surface area is 234 Å². The third-order valence-corrected chi connectivity index (χ3v) is 7.60. The van der Waals surface area contributed by atoms with Gasteiger partial charge >= 0.3 is 5.97 Å². The number of piperidine rings is 2. The average molecular weight is 566 g/mol. The molecular formula is C26H43Cl3N4O3. The first-order chi connectivity index (χ1) is 16.1. The zero-order valence-corrected chi connectivity index (χ0v) is 23.8. The molecule has 0 radical (unpaired) electrons. The van der Waals surface area contributed by atoms with Crippen molar-refractivity contribution < 1.29 is 14.4 Å². The lowest BCUT2D eigenvalue weighted by Crippen LogP contribution is -2.56. The van der Waals surface area contributed by atoms with Gasteiger partial charge in [0.15, 0.2) is 0 Å². The van der Waals surface area contributed by atoms with Crippen LogP contribution in [0.25, 0.3) is 0 Å². The number of hydroxylamine groups is 2. The van der Waals surface area contributed by atoms with E-state index in [0.717, 1.165) is 58.0 Å². The number of hydrogen-bond donors (Lipinski definition) is 1. The molecule has 4 rings (SSSR count). The second kappa shape index (κ2) is 16.8. The van der Waals surface area contributed by atoms with Gasteiger partial charge in [-0.3, -0.25) is 4.79 Å². The van der Waals surface area contributed by atoms with E-state index in [1.807, 2.05) is 0 Å². The maximum atomic E-state index is 12.8. The Bertz CT molecular complexity index is 767. The number of halogens is 3. The molecule has 3 fully saturated rings. The SMILES string of the molecule is CC(=O)C(CC1CCNCC1)C(=O)ON1CCN(N2CCC(Cc3ccccc3)CC2)CC1.Cl.Cl.Cl. The van der Waals surface area contributed by atoms with E-state index in [2.05, 4.69) is 45.7 Å². The maximum absolute atomic E-state index is 12.8. The van der Waals surface area contributed by atoms with E-state index >= 15 is 0 Å². The summed E-state index contributed by atoms with van der Waals surface area (Å²) in [6, 6.07) is 10.8.